The molecule has 0 amide bonds. The van der Waals surface area contributed by atoms with Crippen LogP contribution in [-0.2, 0) is 5.41 Å². The summed E-state index contributed by atoms with van der Waals surface area (Å²) in [5.74, 6) is 0. The van der Waals surface area contributed by atoms with Gasteiger partial charge in [-0.3, -0.25) is 0 Å². The lowest BCUT2D eigenvalue weighted by Crippen LogP contribution is -2.20. The molecule has 0 spiro atoms. The fraction of sp³-hybridized carbons (Fsp3) is 0.143. The van der Waals surface area contributed by atoms with Crippen molar-refractivity contribution in [3.63, 3.8) is 0 Å². The van der Waals surface area contributed by atoms with Gasteiger partial charge in [0, 0.05) is 5.41 Å². The average Bonchev–Trinajstić information content (AvgIpc) is 3.13. The molecule has 102 valence electrons. The van der Waals surface area contributed by atoms with Crippen molar-refractivity contribution in [3.05, 3.63) is 101 Å². The molecule has 0 heteroatoms. The molecule has 0 saturated heterocycles. The molecule has 21 heavy (non-hydrogen) atoms. The van der Waals surface area contributed by atoms with Gasteiger partial charge in [0.05, 0.1) is 0 Å². The van der Waals surface area contributed by atoms with Crippen LogP contribution >= 0.6 is 0 Å². The van der Waals surface area contributed by atoms with E-state index in [1.807, 2.05) is 0 Å². The van der Waals surface area contributed by atoms with Crippen LogP contribution in [0.15, 0.2) is 90.0 Å². The van der Waals surface area contributed by atoms with Crippen LogP contribution in [0.25, 0.3) is 5.57 Å². The van der Waals surface area contributed by atoms with Gasteiger partial charge in [-0.05, 0) is 34.3 Å². The van der Waals surface area contributed by atoms with Gasteiger partial charge in [0.15, 0.2) is 0 Å². The molecule has 2 aliphatic rings. The maximum Gasteiger partial charge on any atom is 0.0221 e. The fourth-order valence-corrected chi connectivity index (χ4v) is 3.67. The first-order chi connectivity index (χ1) is 10.3. The van der Waals surface area contributed by atoms with Gasteiger partial charge in [0.1, 0.15) is 0 Å². The summed E-state index contributed by atoms with van der Waals surface area (Å²) >= 11 is 0. The lowest BCUT2D eigenvalue weighted by molar-refractivity contribution is 0.606. The van der Waals surface area contributed by atoms with E-state index in [0.29, 0.717) is 0 Å². The van der Waals surface area contributed by atoms with Gasteiger partial charge in [-0.1, -0.05) is 85.8 Å². The van der Waals surface area contributed by atoms with E-state index in [1.165, 1.54) is 27.8 Å². The van der Waals surface area contributed by atoms with Crippen LogP contribution in [0.1, 0.15) is 24.5 Å². The summed E-state index contributed by atoms with van der Waals surface area (Å²) in [5.41, 5.74) is 7.21. The molecular weight excluding hydrogens is 252 g/mol. The predicted molar refractivity (Wildman–Crippen MR) is 89.0 cm³/mol. The van der Waals surface area contributed by atoms with E-state index in [4.69, 9.17) is 0 Å². The zero-order valence-electron chi connectivity index (χ0n) is 12.2. The molecule has 2 aromatic carbocycles. The van der Waals surface area contributed by atoms with Crippen LogP contribution in [0.3, 0.4) is 0 Å². The van der Waals surface area contributed by atoms with Crippen molar-refractivity contribution in [1.29, 1.82) is 0 Å². The van der Waals surface area contributed by atoms with E-state index in [0.717, 1.165) is 6.42 Å². The largest absolute Gasteiger partial charge is 0.0622 e. The van der Waals surface area contributed by atoms with E-state index >= 15 is 0 Å². The monoisotopic (exact) mass is 270 g/mol. The summed E-state index contributed by atoms with van der Waals surface area (Å²) in [4.78, 5) is 0. The topological polar surface area (TPSA) is 0 Å². The molecule has 0 radical (unpaired) electrons. The Morgan fingerprint density at radius 3 is 2.24 bits per heavy atom. The first kappa shape index (κ1) is 12.4. The van der Waals surface area contributed by atoms with E-state index in [2.05, 4.69) is 85.8 Å². The summed E-state index contributed by atoms with van der Waals surface area (Å²) in [6.45, 7) is 2.37. The highest BCUT2D eigenvalue weighted by Gasteiger charge is 2.41. The van der Waals surface area contributed by atoms with Gasteiger partial charge in [-0.25, -0.2) is 0 Å². The third-order valence-electron chi connectivity index (χ3n) is 4.80. The van der Waals surface area contributed by atoms with Crippen molar-refractivity contribution in [2.45, 2.75) is 18.8 Å². The third kappa shape index (κ3) is 1.83. The number of hydrogen-bond donors (Lipinski definition) is 0. The van der Waals surface area contributed by atoms with Crippen LogP contribution in [-0.4, -0.2) is 0 Å². The molecule has 0 aromatic heterocycles. The number of hydrogen-bond acceptors (Lipinski definition) is 0. The number of benzene rings is 2. The highest BCUT2D eigenvalue weighted by atomic mass is 14.4. The molecule has 0 fully saturated rings. The molecule has 0 bridgehead atoms. The molecule has 0 aliphatic heterocycles. The highest BCUT2D eigenvalue weighted by Crippen LogP contribution is 2.53. The molecule has 2 aliphatic carbocycles. The van der Waals surface area contributed by atoms with Crippen molar-refractivity contribution in [2.75, 3.05) is 0 Å². The molecule has 4 rings (SSSR count). The predicted octanol–water partition coefficient (Wildman–Crippen LogP) is 5.30. The van der Waals surface area contributed by atoms with Gasteiger partial charge in [-0.15, -0.1) is 0 Å². The van der Waals surface area contributed by atoms with Crippen LogP contribution in [0.5, 0.6) is 0 Å². The van der Waals surface area contributed by atoms with E-state index in [9.17, 15) is 0 Å². The zero-order valence-corrected chi connectivity index (χ0v) is 12.2. The first-order valence-electron chi connectivity index (χ1n) is 7.52. The highest BCUT2D eigenvalue weighted by molar-refractivity contribution is 5.84. The number of fused-ring (bicyclic) bond motifs is 1. The SMILES string of the molecule is CC1(c2ccccc2)CC(c2ccccc2)=C2C=CC=C21. The minimum Gasteiger partial charge on any atom is -0.0622 e. The minimum absolute atomic E-state index is 0.0886. The van der Waals surface area contributed by atoms with Gasteiger partial charge >= 0.3 is 0 Å². The molecule has 0 heterocycles. The second-order valence-corrected chi connectivity index (χ2v) is 6.07. The Balaban J connectivity index is 1.85. The van der Waals surface area contributed by atoms with Crippen molar-refractivity contribution >= 4 is 5.57 Å². The molecule has 0 saturated carbocycles. The van der Waals surface area contributed by atoms with Crippen molar-refractivity contribution in [1.82, 2.24) is 0 Å². The van der Waals surface area contributed by atoms with E-state index in [1.54, 1.807) is 0 Å². The van der Waals surface area contributed by atoms with Crippen LogP contribution in [0.4, 0.5) is 0 Å². The fourth-order valence-electron chi connectivity index (χ4n) is 3.67. The second kappa shape index (κ2) is 4.60. The van der Waals surface area contributed by atoms with Crippen LogP contribution < -0.4 is 0 Å². The van der Waals surface area contributed by atoms with E-state index < -0.39 is 0 Å². The average molecular weight is 270 g/mol. The molecule has 0 nitrogen and oxygen atoms in total. The van der Waals surface area contributed by atoms with Crippen molar-refractivity contribution < 1.29 is 0 Å². The Morgan fingerprint density at radius 2 is 1.52 bits per heavy atom. The Morgan fingerprint density at radius 1 is 0.857 bits per heavy atom. The molecular formula is C21H18. The Kier molecular flexibility index (Phi) is 2.71. The maximum atomic E-state index is 2.37. The third-order valence-corrected chi connectivity index (χ3v) is 4.80. The normalized spacial score (nSPS) is 23.4. The van der Waals surface area contributed by atoms with Crippen molar-refractivity contribution in [3.8, 4) is 0 Å². The lowest BCUT2D eigenvalue weighted by atomic mass is 9.75. The number of allylic oxidation sites excluding steroid dienone is 6. The van der Waals surface area contributed by atoms with Gasteiger partial charge < -0.3 is 0 Å². The van der Waals surface area contributed by atoms with Crippen molar-refractivity contribution in [2.24, 2.45) is 0 Å². The summed E-state index contributed by atoms with van der Waals surface area (Å²) in [6.07, 6.45) is 7.82. The Labute approximate surface area is 126 Å². The lowest BCUT2D eigenvalue weighted by Gasteiger charge is -2.27. The van der Waals surface area contributed by atoms with Gasteiger partial charge in [-0.2, -0.15) is 0 Å². The quantitative estimate of drug-likeness (QED) is 0.694. The van der Waals surface area contributed by atoms with Crippen LogP contribution in [0, 0.1) is 0 Å². The second-order valence-electron chi connectivity index (χ2n) is 6.07. The summed E-state index contributed by atoms with van der Waals surface area (Å²) in [6, 6.07) is 21.7. The molecule has 1 atom stereocenters. The molecule has 1 unspecified atom stereocenters. The van der Waals surface area contributed by atoms with E-state index in [-0.39, 0.29) is 5.41 Å². The summed E-state index contributed by atoms with van der Waals surface area (Å²) < 4.78 is 0. The Bertz CT molecular complexity index is 760. The standard InChI is InChI=1S/C21H18/c1-21(17-11-6-3-7-12-17)15-19(16-9-4-2-5-10-16)18-13-8-14-20(18)21/h2-14H,15H2,1H3. The summed E-state index contributed by atoms with van der Waals surface area (Å²) in [7, 11) is 0. The molecule has 2 aromatic rings. The Hall–Kier alpha value is -2.34. The molecule has 0 N–H and O–H groups in total. The zero-order chi connectivity index (χ0) is 14.3. The van der Waals surface area contributed by atoms with Gasteiger partial charge in [0.2, 0.25) is 0 Å². The smallest absolute Gasteiger partial charge is 0.0221 e. The number of rotatable bonds is 2. The summed E-state index contributed by atoms with van der Waals surface area (Å²) in [5, 5.41) is 0. The minimum atomic E-state index is 0.0886. The first-order valence-corrected chi connectivity index (χ1v) is 7.52. The van der Waals surface area contributed by atoms with Crippen LogP contribution in [0.2, 0.25) is 0 Å². The maximum absolute atomic E-state index is 2.37. The van der Waals surface area contributed by atoms with Gasteiger partial charge in [0.25, 0.3) is 0 Å².